The zero-order valence-electron chi connectivity index (χ0n) is 21.5. The number of esters is 1. The van der Waals surface area contributed by atoms with Crippen LogP contribution in [0.4, 0.5) is 0 Å². The Morgan fingerprint density at radius 2 is 1.58 bits per heavy atom. The average Bonchev–Trinajstić information content (AvgIpc) is 3.29. The fourth-order valence-electron chi connectivity index (χ4n) is 5.09. The molecule has 198 valence electrons. The fourth-order valence-corrected chi connectivity index (χ4v) is 5.99. The van der Waals surface area contributed by atoms with Gasteiger partial charge in [0.15, 0.2) is 9.84 Å². The molecule has 3 aromatic carbocycles. The van der Waals surface area contributed by atoms with Crippen molar-refractivity contribution < 1.29 is 17.9 Å². The standard InChI is InChI=1S/C30H31ClN2O4S/c1-3-37-30(34)23-12-14-33(15-13-23)19-25-16-24-17-27(28(31)18-29(24)32-25)22-6-4-20(5-7-22)21-8-10-26(11-9-21)38(2,35)36/h4-11,16-18,23,32H,3,12-15,19H2,1-2H3. The fraction of sp³-hybridized carbons (Fsp3) is 0.300. The second-order valence-electron chi connectivity index (χ2n) is 9.89. The van der Waals surface area contributed by atoms with Crippen molar-refractivity contribution in [1.82, 2.24) is 9.88 Å². The van der Waals surface area contributed by atoms with E-state index in [0.29, 0.717) is 16.5 Å². The Labute approximate surface area is 228 Å². The Morgan fingerprint density at radius 3 is 2.18 bits per heavy atom. The number of hydrogen-bond donors (Lipinski definition) is 1. The summed E-state index contributed by atoms with van der Waals surface area (Å²) in [5.41, 5.74) is 6.04. The Bertz CT molecular complexity index is 1550. The highest BCUT2D eigenvalue weighted by atomic mass is 35.5. The van der Waals surface area contributed by atoms with Crippen LogP contribution < -0.4 is 0 Å². The van der Waals surface area contributed by atoms with Crippen molar-refractivity contribution in [2.24, 2.45) is 5.92 Å². The zero-order chi connectivity index (χ0) is 26.9. The molecule has 0 amide bonds. The van der Waals surface area contributed by atoms with Crippen LogP contribution in [0.25, 0.3) is 33.2 Å². The molecule has 0 spiro atoms. The van der Waals surface area contributed by atoms with Gasteiger partial charge in [-0.15, -0.1) is 0 Å². The molecule has 1 aliphatic rings. The van der Waals surface area contributed by atoms with E-state index in [1.54, 1.807) is 12.1 Å². The van der Waals surface area contributed by atoms with E-state index in [1.165, 1.54) is 6.26 Å². The first-order valence-electron chi connectivity index (χ1n) is 12.8. The highest BCUT2D eigenvalue weighted by Gasteiger charge is 2.26. The van der Waals surface area contributed by atoms with E-state index in [9.17, 15) is 13.2 Å². The number of likely N-dealkylation sites (tertiary alicyclic amines) is 1. The summed E-state index contributed by atoms with van der Waals surface area (Å²) in [5, 5.41) is 1.77. The minimum Gasteiger partial charge on any atom is -0.466 e. The van der Waals surface area contributed by atoms with Crippen LogP contribution in [0.1, 0.15) is 25.5 Å². The molecule has 2 heterocycles. The smallest absolute Gasteiger partial charge is 0.309 e. The number of carbonyl (C=O) groups is 1. The summed E-state index contributed by atoms with van der Waals surface area (Å²) in [5.74, 6) is -0.0636. The van der Waals surface area contributed by atoms with Gasteiger partial charge in [0, 0.05) is 35.0 Å². The SMILES string of the molecule is CCOC(=O)C1CCN(Cc2cc3cc(-c4ccc(-c5ccc(S(C)(=O)=O)cc5)cc4)c(Cl)cc3[nH]2)CC1. The molecule has 1 aromatic heterocycles. The lowest BCUT2D eigenvalue weighted by molar-refractivity contribution is -0.149. The van der Waals surface area contributed by atoms with Crippen LogP contribution in [-0.4, -0.2) is 50.2 Å². The number of ether oxygens (including phenoxy) is 1. The zero-order valence-corrected chi connectivity index (χ0v) is 23.1. The first-order valence-corrected chi connectivity index (χ1v) is 15.1. The lowest BCUT2D eigenvalue weighted by Gasteiger charge is -2.30. The normalized spacial score (nSPS) is 15.1. The Hall–Kier alpha value is -3.13. The third-order valence-corrected chi connectivity index (χ3v) is 8.62. The largest absolute Gasteiger partial charge is 0.466 e. The molecular formula is C30H31ClN2O4S. The second kappa shape index (κ2) is 10.9. The number of hydrogen-bond acceptors (Lipinski definition) is 5. The topological polar surface area (TPSA) is 79.5 Å². The molecule has 1 saturated heterocycles. The number of fused-ring (bicyclic) bond motifs is 1. The summed E-state index contributed by atoms with van der Waals surface area (Å²) >= 11 is 6.70. The van der Waals surface area contributed by atoms with Gasteiger partial charge in [0.2, 0.25) is 0 Å². The van der Waals surface area contributed by atoms with Crippen molar-refractivity contribution in [3.8, 4) is 22.3 Å². The van der Waals surface area contributed by atoms with Gasteiger partial charge in [-0.05, 0) is 79.9 Å². The van der Waals surface area contributed by atoms with Crippen molar-refractivity contribution in [1.29, 1.82) is 0 Å². The van der Waals surface area contributed by atoms with Gasteiger partial charge in [0.1, 0.15) is 0 Å². The summed E-state index contributed by atoms with van der Waals surface area (Å²) < 4.78 is 28.6. The van der Waals surface area contributed by atoms with Crippen LogP contribution in [0.15, 0.2) is 71.6 Å². The lowest BCUT2D eigenvalue weighted by atomic mass is 9.97. The highest BCUT2D eigenvalue weighted by molar-refractivity contribution is 7.90. The molecule has 0 aliphatic carbocycles. The first-order chi connectivity index (χ1) is 18.2. The number of nitrogens with one attached hydrogen (secondary N) is 1. The molecular weight excluding hydrogens is 520 g/mol. The third kappa shape index (κ3) is 5.80. The Kier molecular flexibility index (Phi) is 7.61. The molecule has 1 fully saturated rings. The summed E-state index contributed by atoms with van der Waals surface area (Å²) in [6.45, 7) is 4.82. The Balaban J connectivity index is 1.30. The predicted molar refractivity (Wildman–Crippen MR) is 152 cm³/mol. The van der Waals surface area contributed by atoms with E-state index in [-0.39, 0.29) is 11.9 Å². The van der Waals surface area contributed by atoms with Gasteiger partial charge >= 0.3 is 5.97 Å². The second-order valence-corrected chi connectivity index (χ2v) is 12.3. The molecule has 0 unspecified atom stereocenters. The van der Waals surface area contributed by atoms with Crippen molar-refractivity contribution >= 4 is 38.3 Å². The minimum absolute atomic E-state index is 0.00788. The van der Waals surface area contributed by atoms with E-state index in [2.05, 4.69) is 22.0 Å². The maximum atomic E-state index is 12.0. The van der Waals surface area contributed by atoms with Gasteiger partial charge in [0.25, 0.3) is 0 Å². The number of carbonyl (C=O) groups excluding carboxylic acids is 1. The highest BCUT2D eigenvalue weighted by Crippen LogP contribution is 2.34. The van der Waals surface area contributed by atoms with Crippen molar-refractivity contribution in [2.75, 3.05) is 26.0 Å². The molecule has 5 rings (SSSR count). The lowest BCUT2D eigenvalue weighted by Crippen LogP contribution is -2.36. The molecule has 8 heteroatoms. The van der Waals surface area contributed by atoms with Gasteiger partial charge in [-0.2, -0.15) is 0 Å². The number of H-pyrrole nitrogens is 1. The van der Waals surface area contributed by atoms with E-state index in [1.807, 2.05) is 49.4 Å². The summed E-state index contributed by atoms with van der Waals surface area (Å²) in [6.07, 6.45) is 2.86. The van der Waals surface area contributed by atoms with E-state index in [4.69, 9.17) is 16.3 Å². The maximum Gasteiger partial charge on any atom is 0.309 e. The van der Waals surface area contributed by atoms with E-state index in [0.717, 1.165) is 71.3 Å². The maximum absolute atomic E-state index is 12.0. The van der Waals surface area contributed by atoms with Crippen molar-refractivity contribution in [3.63, 3.8) is 0 Å². The van der Waals surface area contributed by atoms with Gasteiger partial charge in [-0.1, -0.05) is 48.0 Å². The van der Waals surface area contributed by atoms with E-state index >= 15 is 0 Å². The molecule has 38 heavy (non-hydrogen) atoms. The minimum atomic E-state index is -3.22. The number of nitrogens with zero attached hydrogens (tertiary/aromatic N) is 1. The first kappa shape index (κ1) is 26.5. The summed E-state index contributed by atoms with van der Waals surface area (Å²) in [4.78, 5) is 18.2. The summed E-state index contributed by atoms with van der Waals surface area (Å²) in [6, 6.07) is 21.3. The number of sulfone groups is 1. The van der Waals surface area contributed by atoms with Crippen LogP contribution >= 0.6 is 11.6 Å². The van der Waals surface area contributed by atoms with Gasteiger partial charge in [-0.25, -0.2) is 8.42 Å². The number of aromatic nitrogens is 1. The average molecular weight is 551 g/mol. The van der Waals surface area contributed by atoms with Crippen molar-refractivity contribution in [2.45, 2.75) is 31.2 Å². The molecule has 0 radical (unpaired) electrons. The number of rotatable bonds is 7. The molecule has 0 bridgehead atoms. The van der Waals surface area contributed by atoms with Crippen LogP contribution in [0.5, 0.6) is 0 Å². The molecule has 6 nitrogen and oxygen atoms in total. The predicted octanol–water partition coefficient (Wildman–Crippen LogP) is 6.33. The van der Waals surface area contributed by atoms with Crippen LogP contribution in [-0.2, 0) is 25.9 Å². The monoisotopic (exact) mass is 550 g/mol. The third-order valence-electron chi connectivity index (χ3n) is 7.18. The van der Waals surface area contributed by atoms with E-state index < -0.39 is 9.84 Å². The van der Waals surface area contributed by atoms with Gasteiger partial charge in [0.05, 0.1) is 22.4 Å². The number of halogens is 1. The number of aromatic amines is 1. The molecule has 1 aliphatic heterocycles. The van der Waals surface area contributed by atoms with Crippen LogP contribution in [0.3, 0.4) is 0 Å². The quantitative estimate of drug-likeness (QED) is 0.272. The number of benzene rings is 3. The summed E-state index contributed by atoms with van der Waals surface area (Å²) in [7, 11) is -3.22. The van der Waals surface area contributed by atoms with Gasteiger partial charge in [-0.3, -0.25) is 9.69 Å². The number of piperidine rings is 1. The molecule has 0 atom stereocenters. The molecule has 4 aromatic rings. The molecule has 0 saturated carbocycles. The van der Waals surface area contributed by atoms with Crippen LogP contribution in [0.2, 0.25) is 5.02 Å². The van der Waals surface area contributed by atoms with Crippen LogP contribution in [0, 0.1) is 5.92 Å². The van der Waals surface area contributed by atoms with Crippen molar-refractivity contribution in [3.05, 3.63) is 77.4 Å². The Morgan fingerprint density at radius 1 is 0.974 bits per heavy atom. The van der Waals surface area contributed by atoms with Gasteiger partial charge < -0.3 is 9.72 Å². The molecule has 1 N–H and O–H groups in total.